The molecule has 1 N–H and O–H groups in total. The van der Waals surface area contributed by atoms with Crippen LogP contribution in [0.1, 0.15) is 23.3 Å². The average Bonchev–Trinajstić information content (AvgIpc) is 3.37. The number of carbonyl (C=O) groups is 2. The fourth-order valence-corrected chi connectivity index (χ4v) is 4.60. The number of ether oxygens (including phenoxy) is 2. The van der Waals surface area contributed by atoms with Crippen LogP contribution in [0.3, 0.4) is 0 Å². The highest BCUT2D eigenvalue weighted by molar-refractivity contribution is 7.89. The molecule has 0 radical (unpaired) electrons. The predicted octanol–water partition coefficient (Wildman–Crippen LogP) is 1.61. The first-order valence-electron chi connectivity index (χ1n) is 9.09. The molecular weight excluding hydrogens is 398 g/mol. The van der Waals surface area contributed by atoms with Crippen molar-refractivity contribution in [3.05, 3.63) is 42.2 Å². The van der Waals surface area contributed by atoms with Crippen molar-refractivity contribution in [3.63, 3.8) is 0 Å². The van der Waals surface area contributed by atoms with Crippen molar-refractivity contribution < 1.29 is 27.5 Å². The number of amides is 1. The third-order valence-electron chi connectivity index (χ3n) is 4.61. The van der Waals surface area contributed by atoms with Crippen LogP contribution in [-0.2, 0) is 26.6 Å². The van der Waals surface area contributed by atoms with E-state index in [9.17, 15) is 18.0 Å². The summed E-state index contributed by atoms with van der Waals surface area (Å²) in [5.41, 5.74) is 0.736. The van der Waals surface area contributed by atoms with Crippen molar-refractivity contribution >= 4 is 27.6 Å². The zero-order valence-corrected chi connectivity index (χ0v) is 17.1. The second-order valence-electron chi connectivity index (χ2n) is 6.63. The van der Waals surface area contributed by atoms with Crippen LogP contribution in [0.25, 0.3) is 0 Å². The van der Waals surface area contributed by atoms with Gasteiger partial charge >= 0.3 is 5.97 Å². The van der Waals surface area contributed by atoms with Gasteiger partial charge in [-0.25, -0.2) is 13.2 Å². The molecule has 0 unspecified atom stereocenters. The van der Waals surface area contributed by atoms with Gasteiger partial charge in [-0.3, -0.25) is 4.79 Å². The number of esters is 1. The Hall–Kier alpha value is -2.85. The molecule has 1 fully saturated rings. The van der Waals surface area contributed by atoms with E-state index in [0.717, 1.165) is 12.8 Å². The van der Waals surface area contributed by atoms with E-state index < -0.39 is 21.9 Å². The molecular formula is C19H23N3O6S. The van der Waals surface area contributed by atoms with E-state index >= 15 is 0 Å². The topological polar surface area (TPSA) is 107 Å². The largest absolute Gasteiger partial charge is 0.482 e. The Balaban J connectivity index is 1.68. The van der Waals surface area contributed by atoms with Crippen LogP contribution in [0.4, 0.5) is 5.69 Å². The zero-order chi connectivity index (χ0) is 21.0. The smallest absolute Gasteiger partial charge is 0.343 e. The number of anilines is 1. The number of nitrogens with one attached hydrogen (secondary N) is 1. The standard InChI is InChI=1S/C19H23N3O6S/c1-21-12-16(29(25,26)22-9-3-4-10-22)11-17(21)19(24)20-14-5-7-15(8-6-14)28-13-18(23)27-2/h5-8,11-12H,3-4,9-10,13H2,1-2H3,(H,20,24). The van der Waals surface area contributed by atoms with E-state index in [1.165, 1.54) is 28.2 Å². The number of rotatable bonds is 7. The summed E-state index contributed by atoms with van der Waals surface area (Å²) < 4.78 is 38.0. The number of nitrogens with zero attached hydrogens (tertiary/aromatic N) is 2. The summed E-state index contributed by atoms with van der Waals surface area (Å²) in [6.45, 7) is 0.798. The fraction of sp³-hybridized carbons (Fsp3) is 0.368. The molecule has 3 rings (SSSR count). The monoisotopic (exact) mass is 421 g/mol. The molecule has 1 amide bonds. The van der Waals surface area contributed by atoms with E-state index in [-0.39, 0.29) is 17.2 Å². The maximum absolute atomic E-state index is 12.7. The third kappa shape index (κ3) is 4.77. The number of carbonyl (C=O) groups excluding carboxylic acids is 2. The van der Waals surface area contributed by atoms with Crippen LogP contribution >= 0.6 is 0 Å². The van der Waals surface area contributed by atoms with Crippen LogP contribution in [0, 0.1) is 0 Å². The van der Waals surface area contributed by atoms with Crippen LogP contribution in [0.2, 0.25) is 0 Å². The number of aryl methyl sites for hydroxylation is 1. The first-order valence-corrected chi connectivity index (χ1v) is 10.5. The molecule has 0 bridgehead atoms. The highest BCUT2D eigenvalue weighted by Crippen LogP contribution is 2.23. The number of methoxy groups -OCH3 is 1. The quantitative estimate of drug-likeness (QED) is 0.681. The molecule has 29 heavy (non-hydrogen) atoms. The highest BCUT2D eigenvalue weighted by atomic mass is 32.2. The van der Waals surface area contributed by atoms with Crippen molar-refractivity contribution in [2.75, 3.05) is 32.1 Å². The number of hydrogen-bond donors (Lipinski definition) is 1. The Kier molecular flexibility index (Phi) is 6.23. The first kappa shape index (κ1) is 20.9. The van der Waals surface area contributed by atoms with Gasteiger partial charge in [-0.15, -0.1) is 0 Å². The minimum absolute atomic E-state index is 0.110. The summed E-state index contributed by atoms with van der Waals surface area (Å²) in [5, 5.41) is 2.72. The van der Waals surface area contributed by atoms with Gasteiger partial charge in [-0.1, -0.05) is 0 Å². The Bertz CT molecular complexity index is 991. The lowest BCUT2D eigenvalue weighted by atomic mass is 10.3. The van der Waals surface area contributed by atoms with Crippen LogP contribution in [-0.4, -0.2) is 56.0 Å². The lowest BCUT2D eigenvalue weighted by Gasteiger charge is -2.13. The summed E-state index contributed by atoms with van der Waals surface area (Å²) in [6.07, 6.45) is 3.14. The maximum atomic E-state index is 12.7. The van der Waals surface area contributed by atoms with Gasteiger partial charge in [0, 0.05) is 32.0 Å². The van der Waals surface area contributed by atoms with Gasteiger partial charge < -0.3 is 19.4 Å². The second-order valence-corrected chi connectivity index (χ2v) is 8.56. The molecule has 2 aromatic rings. The second kappa shape index (κ2) is 8.66. The first-order chi connectivity index (χ1) is 13.8. The van der Waals surface area contributed by atoms with Crippen molar-refractivity contribution in [1.82, 2.24) is 8.87 Å². The molecule has 1 aliphatic heterocycles. The summed E-state index contributed by atoms with van der Waals surface area (Å²) >= 11 is 0. The Morgan fingerprint density at radius 2 is 1.79 bits per heavy atom. The molecule has 9 nitrogen and oxygen atoms in total. The molecule has 0 saturated carbocycles. The number of aromatic nitrogens is 1. The fourth-order valence-electron chi connectivity index (χ4n) is 3.01. The Labute approximate surface area is 169 Å². The van der Waals surface area contributed by atoms with Gasteiger partial charge in [-0.05, 0) is 43.2 Å². The Morgan fingerprint density at radius 1 is 1.14 bits per heavy atom. The summed E-state index contributed by atoms with van der Waals surface area (Å²) in [4.78, 5) is 23.8. The van der Waals surface area contributed by atoms with E-state index in [4.69, 9.17) is 4.74 Å². The number of benzene rings is 1. The van der Waals surface area contributed by atoms with Gasteiger partial charge in [0.05, 0.1) is 7.11 Å². The van der Waals surface area contributed by atoms with Crippen LogP contribution < -0.4 is 10.1 Å². The van der Waals surface area contributed by atoms with Gasteiger partial charge in [0.2, 0.25) is 10.0 Å². The molecule has 1 saturated heterocycles. The number of sulfonamides is 1. The van der Waals surface area contributed by atoms with E-state index in [0.29, 0.717) is 24.5 Å². The molecule has 1 aromatic heterocycles. The van der Waals surface area contributed by atoms with E-state index in [1.807, 2.05) is 0 Å². The molecule has 1 aliphatic rings. The molecule has 0 aliphatic carbocycles. The van der Waals surface area contributed by atoms with Gasteiger partial charge in [0.15, 0.2) is 6.61 Å². The third-order valence-corrected chi connectivity index (χ3v) is 6.48. The van der Waals surface area contributed by atoms with Gasteiger partial charge in [-0.2, -0.15) is 4.31 Å². The van der Waals surface area contributed by atoms with Crippen LogP contribution in [0.15, 0.2) is 41.4 Å². The van der Waals surface area contributed by atoms with Crippen LogP contribution in [0.5, 0.6) is 5.75 Å². The SMILES string of the molecule is COC(=O)COc1ccc(NC(=O)c2cc(S(=O)(=O)N3CCCC3)cn2C)cc1. The number of hydrogen-bond acceptors (Lipinski definition) is 6. The molecule has 2 heterocycles. The van der Waals surface area contributed by atoms with Gasteiger partial charge in [0.25, 0.3) is 5.91 Å². The molecule has 0 spiro atoms. The molecule has 0 atom stereocenters. The normalized spacial score (nSPS) is 14.6. The Morgan fingerprint density at radius 3 is 2.41 bits per heavy atom. The minimum Gasteiger partial charge on any atom is -0.482 e. The van der Waals surface area contributed by atoms with Crippen molar-refractivity contribution in [1.29, 1.82) is 0 Å². The molecule has 10 heteroatoms. The zero-order valence-electron chi connectivity index (χ0n) is 16.3. The summed E-state index contributed by atoms with van der Waals surface area (Å²) in [7, 11) is -0.690. The van der Waals surface area contributed by atoms with Crippen molar-refractivity contribution in [2.24, 2.45) is 7.05 Å². The average molecular weight is 421 g/mol. The summed E-state index contributed by atoms with van der Waals surface area (Å²) in [5.74, 6) is -0.476. The van der Waals surface area contributed by atoms with E-state index in [2.05, 4.69) is 10.1 Å². The van der Waals surface area contributed by atoms with Crippen molar-refractivity contribution in [3.8, 4) is 5.75 Å². The molecule has 156 valence electrons. The van der Waals surface area contributed by atoms with Gasteiger partial charge in [0.1, 0.15) is 16.3 Å². The van der Waals surface area contributed by atoms with Crippen molar-refractivity contribution in [2.45, 2.75) is 17.7 Å². The maximum Gasteiger partial charge on any atom is 0.343 e. The van der Waals surface area contributed by atoms with E-state index in [1.54, 1.807) is 31.3 Å². The predicted molar refractivity (Wildman–Crippen MR) is 105 cm³/mol. The lowest BCUT2D eigenvalue weighted by molar-refractivity contribution is -0.142. The minimum atomic E-state index is -3.59. The summed E-state index contributed by atoms with van der Waals surface area (Å²) in [6, 6.07) is 7.83. The highest BCUT2D eigenvalue weighted by Gasteiger charge is 2.29. The molecule has 1 aromatic carbocycles. The lowest BCUT2D eigenvalue weighted by Crippen LogP contribution is -2.27.